The number of amides is 1. The maximum atomic E-state index is 12.8. The van der Waals surface area contributed by atoms with E-state index < -0.39 is 0 Å². The second kappa shape index (κ2) is 9.22. The Bertz CT molecular complexity index is 1580. The predicted molar refractivity (Wildman–Crippen MR) is 140 cm³/mol. The van der Waals surface area contributed by atoms with Gasteiger partial charge in [-0.15, -0.1) is 10.2 Å². The lowest BCUT2D eigenvalue weighted by Gasteiger charge is -2.26. The van der Waals surface area contributed by atoms with Crippen LogP contribution in [0.15, 0.2) is 73.1 Å². The lowest BCUT2D eigenvalue weighted by molar-refractivity contribution is 0.0303. The zero-order chi connectivity index (χ0) is 24.6. The lowest BCUT2D eigenvalue weighted by Crippen LogP contribution is -2.40. The van der Waals surface area contributed by atoms with Gasteiger partial charge in [0.15, 0.2) is 0 Å². The number of carbonyl (C=O) groups excluding carboxylic acids is 1. The van der Waals surface area contributed by atoms with Crippen molar-refractivity contribution in [1.82, 2.24) is 24.5 Å². The van der Waals surface area contributed by atoms with Gasteiger partial charge in [0.05, 0.1) is 18.7 Å². The van der Waals surface area contributed by atoms with Gasteiger partial charge in [0.2, 0.25) is 0 Å². The third kappa shape index (κ3) is 4.04. The molecule has 0 unspecified atom stereocenters. The SMILES string of the molecule is CN(c1cccc(-c2ccc(C(=O)N3CCOCC3)cc2)c1)c1nc2nncn2c2cc(Cl)ccc12. The summed E-state index contributed by atoms with van der Waals surface area (Å²) in [7, 11) is 1.98. The molecule has 1 aliphatic rings. The summed E-state index contributed by atoms with van der Waals surface area (Å²) in [4.78, 5) is 21.4. The number of morpholine rings is 1. The van der Waals surface area contributed by atoms with Crippen LogP contribution in [0.5, 0.6) is 0 Å². The van der Waals surface area contributed by atoms with Crippen LogP contribution in [0.3, 0.4) is 0 Å². The Morgan fingerprint density at radius 2 is 1.81 bits per heavy atom. The summed E-state index contributed by atoms with van der Waals surface area (Å²) in [5.74, 6) is 1.30. The van der Waals surface area contributed by atoms with Crippen molar-refractivity contribution < 1.29 is 9.53 Å². The van der Waals surface area contributed by atoms with E-state index in [4.69, 9.17) is 21.3 Å². The first kappa shape index (κ1) is 22.5. The van der Waals surface area contributed by atoms with E-state index in [0.717, 1.165) is 33.5 Å². The third-order valence-electron chi connectivity index (χ3n) is 6.51. The van der Waals surface area contributed by atoms with Crippen molar-refractivity contribution in [2.45, 2.75) is 0 Å². The topological polar surface area (TPSA) is 75.9 Å². The second-order valence-corrected chi connectivity index (χ2v) is 9.13. The molecule has 1 saturated heterocycles. The Labute approximate surface area is 212 Å². The van der Waals surface area contributed by atoms with Crippen molar-refractivity contribution >= 4 is 45.7 Å². The summed E-state index contributed by atoms with van der Waals surface area (Å²) < 4.78 is 7.18. The normalized spacial score (nSPS) is 13.9. The third-order valence-corrected chi connectivity index (χ3v) is 6.75. The minimum Gasteiger partial charge on any atom is -0.378 e. The number of nitrogens with zero attached hydrogens (tertiary/aromatic N) is 6. The van der Waals surface area contributed by atoms with Crippen LogP contribution in [0.4, 0.5) is 11.5 Å². The molecule has 0 atom stereocenters. The van der Waals surface area contributed by atoms with Gasteiger partial charge in [-0.25, -0.2) is 0 Å². The number of rotatable bonds is 4. The molecule has 6 rings (SSSR count). The van der Waals surface area contributed by atoms with Gasteiger partial charge in [-0.05, 0) is 53.6 Å². The molecule has 0 radical (unpaired) electrons. The molecule has 0 spiro atoms. The molecule has 0 aliphatic carbocycles. The van der Waals surface area contributed by atoms with Crippen LogP contribution in [0.1, 0.15) is 10.4 Å². The molecule has 180 valence electrons. The summed E-state index contributed by atoms with van der Waals surface area (Å²) in [5, 5.41) is 9.73. The molecule has 5 aromatic rings. The maximum absolute atomic E-state index is 12.8. The maximum Gasteiger partial charge on any atom is 0.257 e. The fourth-order valence-electron chi connectivity index (χ4n) is 4.55. The Morgan fingerprint density at radius 1 is 1.00 bits per heavy atom. The molecular weight excluding hydrogens is 476 g/mol. The van der Waals surface area contributed by atoms with Gasteiger partial charge in [-0.2, -0.15) is 4.98 Å². The summed E-state index contributed by atoms with van der Waals surface area (Å²) >= 11 is 6.28. The van der Waals surface area contributed by atoms with E-state index in [1.54, 1.807) is 6.33 Å². The molecule has 1 fully saturated rings. The Hall–Kier alpha value is -4.01. The molecule has 3 heterocycles. The number of fused-ring (bicyclic) bond motifs is 3. The quantitative estimate of drug-likeness (QED) is 0.353. The molecule has 1 aliphatic heterocycles. The molecule has 3 aromatic carbocycles. The van der Waals surface area contributed by atoms with Crippen LogP contribution in [0, 0.1) is 0 Å². The average Bonchev–Trinajstić information content (AvgIpc) is 3.41. The Balaban J connectivity index is 1.32. The summed E-state index contributed by atoms with van der Waals surface area (Å²) in [6.07, 6.45) is 1.64. The molecule has 0 N–H and O–H groups in total. The van der Waals surface area contributed by atoms with E-state index in [1.807, 2.05) is 75.8 Å². The number of ether oxygens (including phenoxy) is 1. The predicted octanol–water partition coefficient (Wildman–Crippen LogP) is 4.84. The molecule has 0 saturated carbocycles. The molecule has 1 amide bonds. The lowest BCUT2D eigenvalue weighted by atomic mass is 10.0. The smallest absolute Gasteiger partial charge is 0.257 e. The average molecular weight is 499 g/mol. The van der Waals surface area contributed by atoms with Crippen LogP contribution in [0.25, 0.3) is 27.8 Å². The van der Waals surface area contributed by atoms with Gasteiger partial charge in [0.25, 0.3) is 11.7 Å². The van der Waals surface area contributed by atoms with Crippen molar-refractivity contribution in [2.75, 3.05) is 38.3 Å². The van der Waals surface area contributed by atoms with Crippen molar-refractivity contribution in [1.29, 1.82) is 0 Å². The highest BCUT2D eigenvalue weighted by Gasteiger charge is 2.19. The number of anilines is 2. The molecule has 0 bridgehead atoms. The van der Waals surface area contributed by atoms with Crippen molar-refractivity contribution in [3.05, 3.63) is 83.6 Å². The fourth-order valence-corrected chi connectivity index (χ4v) is 4.72. The van der Waals surface area contributed by atoms with Crippen LogP contribution in [0.2, 0.25) is 5.02 Å². The van der Waals surface area contributed by atoms with Crippen molar-refractivity contribution in [3.63, 3.8) is 0 Å². The monoisotopic (exact) mass is 498 g/mol. The number of aromatic nitrogens is 4. The number of hydrogen-bond acceptors (Lipinski definition) is 6. The minimum absolute atomic E-state index is 0.0419. The van der Waals surface area contributed by atoms with Gasteiger partial charge in [-0.3, -0.25) is 9.20 Å². The molecule has 9 heteroatoms. The fraction of sp³-hybridized carbons (Fsp3) is 0.185. The zero-order valence-corrected chi connectivity index (χ0v) is 20.4. The Morgan fingerprint density at radius 3 is 2.61 bits per heavy atom. The highest BCUT2D eigenvalue weighted by molar-refractivity contribution is 6.31. The number of benzene rings is 3. The van der Waals surface area contributed by atoms with E-state index in [-0.39, 0.29) is 5.91 Å². The van der Waals surface area contributed by atoms with Crippen molar-refractivity contribution in [3.8, 4) is 11.1 Å². The summed E-state index contributed by atoms with van der Waals surface area (Å²) in [5.41, 5.74) is 4.61. The Kier molecular flexibility index (Phi) is 5.75. The van der Waals surface area contributed by atoms with E-state index in [1.165, 1.54) is 0 Å². The number of hydrogen-bond donors (Lipinski definition) is 0. The van der Waals surface area contributed by atoms with Crippen LogP contribution < -0.4 is 4.90 Å². The van der Waals surface area contributed by atoms with Gasteiger partial charge in [0.1, 0.15) is 12.1 Å². The summed E-state index contributed by atoms with van der Waals surface area (Å²) in [6.45, 7) is 2.44. The van der Waals surface area contributed by atoms with E-state index in [9.17, 15) is 4.79 Å². The molecule has 8 nitrogen and oxygen atoms in total. The molecule has 36 heavy (non-hydrogen) atoms. The first-order chi connectivity index (χ1) is 17.6. The van der Waals surface area contributed by atoms with E-state index in [2.05, 4.69) is 22.3 Å². The van der Waals surface area contributed by atoms with E-state index >= 15 is 0 Å². The van der Waals surface area contributed by atoms with Crippen LogP contribution in [-0.2, 0) is 4.74 Å². The molecule has 2 aromatic heterocycles. The number of carbonyl (C=O) groups is 1. The minimum atomic E-state index is 0.0419. The van der Waals surface area contributed by atoms with Crippen LogP contribution >= 0.6 is 11.6 Å². The highest BCUT2D eigenvalue weighted by atomic mass is 35.5. The number of halogens is 1. The van der Waals surface area contributed by atoms with Gasteiger partial charge >= 0.3 is 0 Å². The zero-order valence-electron chi connectivity index (χ0n) is 19.6. The van der Waals surface area contributed by atoms with E-state index in [0.29, 0.717) is 42.7 Å². The van der Waals surface area contributed by atoms with Crippen molar-refractivity contribution in [2.24, 2.45) is 0 Å². The highest BCUT2D eigenvalue weighted by Crippen LogP contribution is 2.33. The standard InChI is InChI=1S/C27H23ClN6O2/c1-32(25-23-10-9-21(28)16-24(23)34-17-29-31-27(34)30-25)22-4-2-3-20(15-22)18-5-7-19(8-6-18)26(35)33-11-13-36-14-12-33/h2-10,15-17H,11-14H2,1H3. The first-order valence-corrected chi connectivity index (χ1v) is 12.1. The van der Waals surface area contributed by atoms with Crippen LogP contribution in [-0.4, -0.2) is 63.7 Å². The van der Waals surface area contributed by atoms with Gasteiger partial charge in [-0.1, -0.05) is 35.9 Å². The second-order valence-electron chi connectivity index (χ2n) is 8.69. The summed E-state index contributed by atoms with van der Waals surface area (Å²) in [6, 6.07) is 21.7. The van der Waals surface area contributed by atoms with Gasteiger partial charge in [0, 0.05) is 41.8 Å². The first-order valence-electron chi connectivity index (χ1n) is 11.7. The van der Waals surface area contributed by atoms with Gasteiger partial charge < -0.3 is 14.5 Å². The molecular formula is C27H23ClN6O2. The largest absolute Gasteiger partial charge is 0.378 e.